The summed E-state index contributed by atoms with van der Waals surface area (Å²) >= 11 is 3.82. The van der Waals surface area contributed by atoms with Gasteiger partial charge in [0.05, 0.1) is 11.2 Å². The molecule has 0 saturated heterocycles. The minimum absolute atomic E-state index is 0. The Morgan fingerprint density at radius 2 is 2.20 bits per heavy atom. The van der Waals surface area contributed by atoms with Crippen LogP contribution in [-0.2, 0) is 29.2 Å². The standard InChI is InChI=1S/C3H4O4S2.Na.H/c1-2-3(4)7-9(5,6)8;;/h2H,1H2,(H,5,6,8);;. The van der Waals surface area contributed by atoms with E-state index in [9.17, 15) is 9.00 Å². The van der Waals surface area contributed by atoms with E-state index in [-0.39, 0.29) is 29.6 Å². The molecular weight excluding hydrogens is 187 g/mol. The van der Waals surface area contributed by atoms with E-state index >= 15 is 0 Å². The second-order valence-corrected chi connectivity index (χ2v) is 3.32. The summed E-state index contributed by atoms with van der Waals surface area (Å²) < 4.78 is 21.9. The summed E-state index contributed by atoms with van der Waals surface area (Å²) in [6.45, 7) is 2.99. The maximum absolute atomic E-state index is 10.1. The Kier molecular flexibility index (Phi) is 6.87. The third-order valence-electron chi connectivity index (χ3n) is 0.354. The van der Waals surface area contributed by atoms with E-state index in [1.807, 2.05) is 0 Å². The molecule has 0 radical (unpaired) electrons. The Bertz CT molecular complexity index is 219. The van der Waals surface area contributed by atoms with Crippen LogP contribution in [0.5, 0.6) is 0 Å². The van der Waals surface area contributed by atoms with Gasteiger partial charge in [-0.05, 0) is 0 Å². The third-order valence-corrected chi connectivity index (χ3v) is 0.933. The molecule has 1 atom stereocenters. The molecular formula is C3H5NaO4S2. The van der Waals surface area contributed by atoms with Crippen molar-refractivity contribution in [2.45, 2.75) is 0 Å². The Balaban J connectivity index is 0. The molecule has 7 heteroatoms. The predicted octanol–water partition coefficient (Wildman–Crippen LogP) is -0.799. The monoisotopic (exact) mass is 192 g/mol. The molecule has 0 aromatic heterocycles. The molecule has 0 rings (SSSR count). The molecule has 0 fully saturated rings. The zero-order chi connectivity index (χ0) is 7.49. The number of carbonyl (C=O) groups is 1. The Morgan fingerprint density at radius 3 is 2.30 bits per heavy atom. The van der Waals surface area contributed by atoms with Crippen LogP contribution < -0.4 is 0 Å². The van der Waals surface area contributed by atoms with Crippen LogP contribution in [0.1, 0.15) is 0 Å². The Labute approximate surface area is 85.6 Å². The fourth-order valence-corrected chi connectivity index (χ4v) is 0.615. The predicted molar refractivity (Wildman–Crippen MR) is 41.6 cm³/mol. The number of rotatable bonds is 2. The normalized spacial score (nSPS) is 14.1. The first-order valence-corrected chi connectivity index (χ1v) is 4.15. The molecule has 0 aliphatic heterocycles. The van der Waals surface area contributed by atoms with Gasteiger partial charge in [0.1, 0.15) is 0 Å². The molecule has 10 heavy (non-hydrogen) atoms. The first kappa shape index (κ1) is 13.2. The number of hydrogen-bond donors (Lipinski definition) is 1. The van der Waals surface area contributed by atoms with Crippen LogP contribution in [0.15, 0.2) is 12.7 Å². The molecule has 1 N–H and O–H groups in total. The first-order chi connectivity index (χ1) is 3.95. The van der Waals surface area contributed by atoms with Gasteiger partial charge in [-0.25, -0.2) is 4.79 Å². The van der Waals surface area contributed by atoms with Crippen molar-refractivity contribution in [2.75, 3.05) is 0 Å². The van der Waals surface area contributed by atoms with Crippen LogP contribution in [0, 0.1) is 0 Å². The van der Waals surface area contributed by atoms with Gasteiger partial charge in [-0.2, -0.15) is 4.21 Å². The van der Waals surface area contributed by atoms with Crippen molar-refractivity contribution in [3.05, 3.63) is 12.7 Å². The Hall–Kier alpha value is 0.540. The zero-order valence-electron chi connectivity index (χ0n) is 4.27. The van der Waals surface area contributed by atoms with Crippen molar-refractivity contribution in [1.29, 1.82) is 0 Å². The van der Waals surface area contributed by atoms with E-state index < -0.39 is 15.0 Å². The van der Waals surface area contributed by atoms with Gasteiger partial charge in [-0.3, -0.25) is 4.55 Å². The van der Waals surface area contributed by atoms with E-state index in [4.69, 9.17) is 4.55 Å². The summed E-state index contributed by atoms with van der Waals surface area (Å²) in [5.74, 6) is -1.00. The summed E-state index contributed by atoms with van der Waals surface area (Å²) in [5.41, 5.74) is 0. The minimum atomic E-state index is -3.82. The molecule has 0 bridgehead atoms. The second-order valence-electron chi connectivity index (χ2n) is 1.03. The van der Waals surface area contributed by atoms with Crippen molar-refractivity contribution in [2.24, 2.45) is 0 Å². The molecule has 0 aliphatic carbocycles. The average molecular weight is 192 g/mol. The molecule has 0 aromatic rings. The van der Waals surface area contributed by atoms with Gasteiger partial charge >= 0.3 is 44.6 Å². The molecule has 54 valence electrons. The van der Waals surface area contributed by atoms with Crippen molar-refractivity contribution in [1.82, 2.24) is 0 Å². The van der Waals surface area contributed by atoms with Gasteiger partial charge in [0, 0.05) is 6.08 Å². The van der Waals surface area contributed by atoms with E-state index in [0.29, 0.717) is 0 Å². The summed E-state index contributed by atoms with van der Waals surface area (Å²) in [6, 6.07) is 0. The van der Waals surface area contributed by atoms with Crippen LogP contribution in [0.4, 0.5) is 0 Å². The van der Waals surface area contributed by atoms with E-state index in [2.05, 4.69) is 22.0 Å². The van der Waals surface area contributed by atoms with Gasteiger partial charge in [0.15, 0.2) is 0 Å². The molecule has 0 spiro atoms. The first-order valence-electron chi connectivity index (χ1n) is 1.79. The van der Waals surface area contributed by atoms with Crippen LogP contribution in [0.25, 0.3) is 0 Å². The summed E-state index contributed by atoms with van der Waals surface area (Å²) in [6.07, 6.45) is 0.752. The van der Waals surface area contributed by atoms with Gasteiger partial charge in [0.2, 0.25) is 0 Å². The van der Waals surface area contributed by atoms with Crippen molar-refractivity contribution in [3.63, 3.8) is 0 Å². The molecule has 0 aromatic carbocycles. The van der Waals surface area contributed by atoms with Gasteiger partial charge in [0.25, 0.3) is 0 Å². The summed E-state index contributed by atoms with van der Waals surface area (Å²) in [5, 5.41) is 0. The second kappa shape index (κ2) is 5.22. The van der Waals surface area contributed by atoms with Crippen LogP contribution in [0.3, 0.4) is 0 Å². The quantitative estimate of drug-likeness (QED) is 0.458. The SMILES string of the molecule is C=CC(=O)OS(=O)(O)=S.[NaH]. The van der Waals surface area contributed by atoms with Gasteiger partial charge < -0.3 is 4.18 Å². The van der Waals surface area contributed by atoms with E-state index in [1.165, 1.54) is 0 Å². The fraction of sp³-hybridized carbons (Fsp3) is 0. The van der Waals surface area contributed by atoms with Crippen LogP contribution in [-0.4, -0.2) is 44.3 Å². The average Bonchev–Trinajstić information content (AvgIpc) is 1.62. The van der Waals surface area contributed by atoms with Crippen molar-refractivity contribution < 1.29 is 17.7 Å². The molecule has 0 heterocycles. The van der Waals surface area contributed by atoms with Gasteiger partial charge in [-0.15, -0.1) is 0 Å². The molecule has 0 amide bonds. The Morgan fingerprint density at radius 1 is 1.80 bits per heavy atom. The maximum atomic E-state index is 10.1. The van der Waals surface area contributed by atoms with Crippen molar-refractivity contribution in [3.8, 4) is 0 Å². The molecule has 0 aliphatic rings. The topological polar surface area (TPSA) is 63.6 Å². The third kappa shape index (κ3) is 8.54. The van der Waals surface area contributed by atoms with E-state index in [1.54, 1.807) is 0 Å². The summed E-state index contributed by atoms with van der Waals surface area (Å²) in [4.78, 5) is 10.1. The van der Waals surface area contributed by atoms with Crippen LogP contribution >= 0.6 is 0 Å². The zero-order valence-corrected chi connectivity index (χ0v) is 5.91. The number of hydrogen-bond acceptors (Lipinski definition) is 4. The fourth-order valence-electron chi connectivity index (χ4n) is 0.138. The molecule has 0 saturated carbocycles. The van der Waals surface area contributed by atoms with E-state index in [0.717, 1.165) is 6.08 Å². The molecule has 1 unspecified atom stereocenters. The number of carbonyl (C=O) groups excluding carboxylic acids is 1. The van der Waals surface area contributed by atoms with Crippen molar-refractivity contribution >= 4 is 55.8 Å². The van der Waals surface area contributed by atoms with Crippen LogP contribution in [0.2, 0.25) is 0 Å². The molecule has 4 nitrogen and oxygen atoms in total. The van der Waals surface area contributed by atoms with Gasteiger partial charge in [-0.1, -0.05) is 6.58 Å². The summed E-state index contributed by atoms with van der Waals surface area (Å²) in [7, 11) is -3.82.